The third kappa shape index (κ3) is 3.33. The van der Waals surface area contributed by atoms with E-state index in [2.05, 4.69) is 5.32 Å². The van der Waals surface area contributed by atoms with E-state index in [1.165, 1.54) is 14.0 Å². The molecule has 6 heteroatoms. The topological polar surface area (TPSA) is 73.6 Å². The number of carbonyl (C=O) groups excluding carboxylic acids is 1. The first-order valence-electron chi connectivity index (χ1n) is 5.28. The fourth-order valence-corrected chi connectivity index (χ4v) is 1.76. The number of methoxy groups -OCH3 is 2. The number of hydrogen-bond acceptors (Lipinski definition) is 4. The van der Waals surface area contributed by atoms with E-state index in [0.29, 0.717) is 17.1 Å². The van der Waals surface area contributed by atoms with Gasteiger partial charge in [0, 0.05) is 12.5 Å². The molecule has 1 unspecified atom stereocenters. The van der Waals surface area contributed by atoms with E-state index in [0.717, 1.165) is 0 Å². The average molecular weight is 268 g/mol. The van der Waals surface area contributed by atoms with Gasteiger partial charge in [-0.3, -0.25) is 4.79 Å². The SMILES string of the molecule is COc1ccc(OC)c(C(NC(C)=O)C(N)=S)c1. The third-order valence-corrected chi connectivity index (χ3v) is 2.62. The number of amides is 1. The summed E-state index contributed by atoms with van der Waals surface area (Å²) in [5, 5.41) is 2.68. The lowest BCUT2D eigenvalue weighted by Gasteiger charge is -2.20. The van der Waals surface area contributed by atoms with Crippen molar-refractivity contribution in [2.75, 3.05) is 14.2 Å². The van der Waals surface area contributed by atoms with Gasteiger partial charge in [0.15, 0.2) is 0 Å². The summed E-state index contributed by atoms with van der Waals surface area (Å²) in [7, 11) is 3.09. The van der Waals surface area contributed by atoms with E-state index in [-0.39, 0.29) is 10.9 Å². The number of nitrogens with one attached hydrogen (secondary N) is 1. The largest absolute Gasteiger partial charge is 0.497 e. The quantitative estimate of drug-likeness (QED) is 0.784. The van der Waals surface area contributed by atoms with Crippen molar-refractivity contribution in [3.8, 4) is 11.5 Å². The molecule has 1 amide bonds. The molecule has 18 heavy (non-hydrogen) atoms. The first-order valence-corrected chi connectivity index (χ1v) is 5.68. The predicted octanol–water partition coefficient (Wildman–Crippen LogP) is 1.17. The summed E-state index contributed by atoms with van der Waals surface area (Å²) < 4.78 is 10.4. The predicted molar refractivity (Wildman–Crippen MR) is 72.9 cm³/mol. The average Bonchev–Trinajstić information content (AvgIpc) is 2.34. The number of nitrogens with two attached hydrogens (primary N) is 1. The van der Waals surface area contributed by atoms with Gasteiger partial charge >= 0.3 is 0 Å². The van der Waals surface area contributed by atoms with Crippen LogP contribution in [-0.4, -0.2) is 25.1 Å². The molecule has 0 heterocycles. The van der Waals surface area contributed by atoms with Crippen molar-refractivity contribution in [2.45, 2.75) is 13.0 Å². The fraction of sp³-hybridized carbons (Fsp3) is 0.333. The number of hydrogen-bond donors (Lipinski definition) is 2. The molecule has 0 bridgehead atoms. The first kappa shape index (κ1) is 14.2. The van der Waals surface area contributed by atoms with Crippen LogP contribution in [0.1, 0.15) is 18.5 Å². The standard InChI is InChI=1S/C12H16N2O3S/c1-7(15)14-11(12(13)18)9-6-8(16-2)4-5-10(9)17-3/h4-6,11H,1-3H3,(H2,13,18)(H,14,15). The lowest BCUT2D eigenvalue weighted by molar-refractivity contribution is -0.119. The van der Waals surface area contributed by atoms with E-state index in [1.54, 1.807) is 25.3 Å². The van der Waals surface area contributed by atoms with E-state index in [9.17, 15) is 4.79 Å². The minimum absolute atomic E-state index is 0.164. The second kappa shape index (κ2) is 6.20. The number of ether oxygens (including phenoxy) is 2. The Morgan fingerprint density at radius 3 is 2.50 bits per heavy atom. The Kier molecular flexibility index (Phi) is 4.91. The van der Waals surface area contributed by atoms with Gasteiger partial charge in [0.2, 0.25) is 5.91 Å². The van der Waals surface area contributed by atoms with Gasteiger partial charge in [-0.05, 0) is 18.2 Å². The Labute approximate surface area is 111 Å². The zero-order valence-electron chi connectivity index (χ0n) is 10.5. The summed E-state index contributed by atoms with van der Waals surface area (Å²) in [6.45, 7) is 1.40. The number of benzene rings is 1. The van der Waals surface area contributed by atoms with Crippen molar-refractivity contribution >= 4 is 23.1 Å². The Balaban J connectivity index is 3.23. The number of thiocarbonyl (C=S) groups is 1. The molecule has 0 aliphatic rings. The van der Waals surface area contributed by atoms with Crippen LogP contribution in [0.4, 0.5) is 0 Å². The monoisotopic (exact) mass is 268 g/mol. The van der Waals surface area contributed by atoms with Crippen LogP contribution in [0.15, 0.2) is 18.2 Å². The summed E-state index contributed by atoms with van der Waals surface area (Å²) in [5.74, 6) is 0.998. The van der Waals surface area contributed by atoms with E-state index in [4.69, 9.17) is 27.4 Å². The molecule has 1 atom stereocenters. The van der Waals surface area contributed by atoms with Gasteiger partial charge in [-0.2, -0.15) is 0 Å². The highest BCUT2D eigenvalue weighted by molar-refractivity contribution is 7.80. The summed E-state index contributed by atoms with van der Waals surface area (Å²) in [6.07, 6.45) is 0. The van der Waals surface area contributed by atoms with E-state index < -0.39 is 6.04 Å². The van der Waals surface area contributed by atoms with Gasteiger partial charge in [0.25, 0.3) is 0 Å². The van der Waals surface area contributed by atoms with Crippen molar-refractivity contribution < 1.29 is 14.3 Å². The van der Waals surface area contributed by atoms with Gasteiger partial charge in [0.1, 0.15) is 22.5 Å². The second-order valence-corrected chi connectivity index (χ2v) is 4.12. The maximum Gasteiger partial charge on any atom is 0.217 e. The fourth-order valence-electron chi connectivity index (χ4n) is 1.57. The van der Waals surface area contributed by atoms with Crippen molar-refractivity contribution in [3.63, 3.8) is 0 Å². The second-order valence-electron chi connectivity index (χ2n) is 3.64. The summed E-state index contributed by atoms with van der Waals surface area (Å²) in [4.78, 5) is 11.4. The van der Waals surface area contributed by atoms with E-state index in [1.807, 2.05) is 0 Å². The van der Waals surface area contributed by atoms with Crippen LogP contribution in [0.2, 0.25) is 0 Å². The molecule has 98 valence electrons. The van der Waals surface area contributed by atoms with E-state index >= 15 is 0 Å². The molecule has 1 aromatic rings. The smallest absolute Gasteiger partial charge is 0.217 e. The lowest BCUT2D eigenvalue weighted by Crippen LogP contribution is -2.35. The van der Waals surface area contributed by atoms with Gasteiger partial charge in [-0.25, -0.2) is 0 Å². The Morgan fingerprint density at radius 1 is 1.39 bits per heavy atom. The Bertz CT molecular complexity index is 463. The zero-order chi connectivity index (χ0) is 13.7. The highest BCUT2D eigenvalue weighted by atomic mass is 32.1. The molecule has 0 saturated heterocycles. The van der Waals surface area contributed by atoms with Crippen LogP contribution >= 0.6 is 12.2 Å². The molecule has 0 saturated carbocycles. The molecule has 0 fully saturated rings. The van der Waals surface area contributed by atoms with Crippen LogP contribution in [0, 0.1) is 0 Å². The Hall–Kier alpha value is -1.82. The van der Waals surface area contributed by atoms with Crippen molar-refractivity contribution in [3.05, 3.63) is 23.8 Å². The maximum absolute atomic E-state index is 11.2. The van der Waals surface area contributed by atoms with Crippen LogP contribution in [0.25, 0.3) is 0 Å². The molecular formula is C12H16N2O3S. The van der Waals surface area contributed by atoms with Gasteiger partial charge in [-0.1, -0.05) is 12.2 Å². The molecule has 0 aliphatic carbocycles. The summed E-state index contributed by atoms with van der Waals surface area (Å²) in [5.41, 5.74) is 6.32. The minimum Gasteiger partial charge on any atom is -0.497 e. The molecule has 3 N–H and O–H groups in total. The van der Waals surface area contributed by atoms with Crippen molar-refractivity contribution in [2.24, 2.45) is 5.73 Å². The molecular weight excluding hydrogens is 252 g/mol. The molecule has 5 nitrogen and oxygen atoms in total. The van der Waals surface area contributed by atoms with Crippen LogP contribution in [0.5, 0.6) is 11.5 Å². The Morgan fingerprint density at radius 2 is 2.06 bits per heavy atom. The highest BCUT2D eigenvalue weighted by Gasteiger charge is 2.20. The minimum atomic E-state index is -0.581. The first-order chi connectivity index (χ1) is 8.49. The summed E-state index contributed by atoms with van der Waals surface area (Å²) >= 11 is 4.97. The molecule has 0 aromatic heterocycles. The normalized spacial score (nSPS) is 11.5. The molecule has 0 radical (unpaired) electrons. The van der Waals surface area contributed by atoms with Gasteiger partial charge in [0.05, 0.1) is 14.2 Å². The maximum atomic E-state index is 11.2. The van der Waals surface area contributed by atoms with Crippen LogP contribution in [0.3, 0.4) is 0 Å². The van der Waals surface area contributed by atoms with Crippen LogP contribution in [-0.2, 0) is 4.79 Å². The number of rotatable bonds is 5. The molecule has 0 spiro atoms. The van der Waals surface area contributed by atoms with Gasteiger partial charge in [-0.15, -0.1) is 0 Å². The van der Waals surface area contributed by atoms with Crippen molar-refractivity contribution in [1.29, 1.82) is 0 Å². The molecule has 1 aromatic carbocycles. The highest BCUT2D eigenvalue weighted by Crippen LogP contribution is 2.29. The van der Waals surface area contributed by atoms with Crippen LogP contribution < -0.4 is 20.5 Å². The molecule has 0 aliphatic heterocycles. The lowest BCUT2D eigenvalue weighted by atomic mass is 10.0. The van der Waals surface area contributed by atoms with Crippen molar-refractivity contribution in [1.82, 2.24) is 5.32 Å². The summed E-state index contributed by atoms with van der Waals surface area (Å²) in [6, 6.07) is 4.65. The zero-order valence-corrected chi connectivity index (χ0v) is 11.3. The third-order valence-electron chi connectivity index (χ3n) is 2.38. The molecule has 1 rings (SSSR count). The van der Waals surface area contributed by atoms with Gasteiger partial charge < -0.3 is 20.5 Å². The number of carbonyl (C=O) groups is 1.